The highest BCUT2D eigenvalue weighted by molar-refractivity contribution is 7.96. The molecule has 3 aromatic rings. The Labute approximate surface area is 223 Å². The normalized spacial score (nSPS) is 17.8. The molecule has 5 nitrogen and oxygen atoms in total. The third kappa shape index (κ3) is 4.60. The first-order chi connectivity index (χ1) is 17.2. The van der Waals surface area contributed by atoms with Crippen molar-refractivity contribution in [2.75, 3.05) is 26.2 Å². The molecule has 2 aliphatic heterocycles. The molecule has 2 aliphatic rings. The Morgan fingerprint density at radius 2 is 1.36 bits per heavy atom. The van der Waals surface area contributed by atoms with Crippen molar-refractivity contribution in [2.45, 2.75) is 18.1 Å². The lowest BCUT2D eigenvalue weighted by Crippen LogP contribution is -3.00. The predicted molar refractivity (Wildman–Crippen MR) is 142 cm³/mol. The van der Waals surface area contributed by atoms with Gasteiger partial charge < -0.3 is 31.5 Å². The molecule has 36 heavy (non-hydrogen) atoms. The molecule has 0 radical (unpaired) electrons. The summed E-state index contributed by atoms with van der Waals surface area (Å²) in [5.41, 5.74) is -0.142. The van der Waals surface area contributed by atoms with Crippen LogP contribution >= 0.6 is 7.26 Å². The van der Waals surface area contributed by atoms with Crippen LogP contribution in [0.15, 0.2) is 104 Å². The molecule has 186 valence electrons. The van der Waals surface area contributed by atoms with Crippen molar-refractivity contribution in [3.63, 3.8) is 0 Å². The number of halogens is 1. The maximum Gasteiger partial charge on any atom is 0.410 e. The van der Waals surface area contributed by atoms with E-state index < -0.39 is 7.26 Å². The van der Waals surface area contributed by atoms with E-state index in [1.54, 1.807) is 11.0 Å². The van der Waals surface area contributed by atoms with Gasteiger partial charge >= 0.3 is 6.09 Å². The number of hydrogen-bond acceptors (Lipinski definition) is 3. The monoisotopic (exact) mass is 564 g/mol. The summed E-state index contributed by atoms with van der Waals surface area (Å²) in [4.78, 5) is 30.0. The van der Waals surface area contributed by atoms with Crippen molar-refractivity contribution in [1.82, 2.24) is 9.80 Å². The van der Waals surface area contributed by atoms with Crippen molar-refractivity contribution in [3.8, 4) is 0 Å². The lowest BCUT2D eigenvalue weighted by atomic mass is 10.1. The molecule has 1 unspecified atom stereocenters. The van der Waals surface area contributed by atoms with Crippen LogP contribution in [0.25, 0.3) is 0 Å². The van der Waals surface area contributed by atoms with E-state index in [1.807, 2.05) is 23.1 Å². The fourth-order valence-electron chi connectivity index (χ4n) is 5.41. The fraction of sp³-hybridized carbons (Fsp3) is 0.241. The molecule has 5 rings (SSSR count). The molecule has 0 aliphatic carbocycles. The number of carbonyl (C=O) groups is 2. The van der Waals surface area contributed by atoms with Crippen molar-refractivity contribution in [1.29, 1.82) is 0 Å². The van der Waals surface area contributed by atoms with Crippen molar-refractivity contribution >= 4 is 35.2 Å². The Morgan fingerprint density at radius 3 is 1.81 bits per heavy atom. The van der Waals surface area contributed by atoms with E-state index in [0.29, 0.717) is 19.6 Å². The number of amides is 2. The molecule has 3 aromatic carbocycles. The molecule has 0 bridgehead atoms. The Kier molecular flexibility index (Phi) is 8.28. The molecule has 1 atom stereocenters. The van der Waals surface area contributed by atoms with E-state index >= 15 is 0 Å². The van der Waals surface area contributed by atoms with Gasteiger partial charge in [-0.3, -0.25) is 4.79 Å². The summed E-state index contributed by atoms with van der Waals surface area (Å²) in [5, 5.41) is 3.67. The van der Waals surface area contributed by atoms with Gasteiger partial charge in [-0.25, -0.2) is 4.79 Å². The fourth-order valence-corrected chi connectivity index (χ4v) is 10.3. The number of nitrogens with zero attached hydrogens (tertiary/aromatic N) is 2. The van der Waals surface area contributed by atoms with E-state index in [4.69, 9.17) is 4.74 Å². The highest BCUT2D eigenvalue weighted by atomic mass is 79.9. The summed E-state index contributed by atoms with van der Waals surface area (Å²) in [6.45, 7) is 5.52. The third-order valence-corrected chi connectivity index (χ3v) is 11.8. The summed E-state index contributed by atoms with van der Waals surface area (Å²) < 4.78 is 5.15. The highest BCUT2D eigenvalue weighted by Gasteiger charge is 2.60. The van der Waals surface area contributed by atoms with E-state index in [2.05, 4.69) is 79.4 Å². The molecule has 2 saturated heterocycles. The minimum atomic E-state index is -2.28. The molecular formula is C29H30BrN2O3P. The first-order valence-electron chi connectivity index (χ1n) is 12.0. The molecule has 0 spiro atoms. The number of rotatable bonds is 7. The molecular weight excluding hydrogens is 535 g/mol. The number of likely N-dealkylation sites (tertiary alicyclic amines) is 2. The van der Waals surface area contributed by atoms with Gasteiger partial charge in [-0.2, -0.15) is 0 Å². The standard InChI is InChI=1S/C29H30N2O3P.BrH/c1-2-20-34-29(33)30-21-23(22-30)31-19-18-27(28(31)32)35(24-12-6-3-7-13-24,25-14-8-4-9-15-25)26-16-10-5-11-17-26;/h2-17,23,27H,1,18-22H2;1H/q+1;/p-1. The van der Waals surface area contributed by atoms with Crippen LogP contribution in [0.3, 0.4) is 0 Å². The maximum atomic E-state index is 14.2. The molecule has 0 N–H and O–H groups in total. The first-order valence-corrected chi connectivity index (χ1v) is 13.9. The zero-order chi connectivity index (χ0) is 24.3. The van der Waals surface area contributed by atoms with Crippen LogP contribution in [0, 0.1) is 0 Å². The van der Waals surface area contributed by atoms with E-state index in [-0.39, 0.29) is 47.3 Å². The smallest absolute Gasteiger partial charge is 0.410 e. The van der Waals surface area contributed by atoms with Gasteiger partial charge in [0.15, 0.2) is 5.66 Å². The van der Waals surface area contributed by atoms with Gasteiger partial charge in [-0.1, -0.05) is 67.3 Å². The first kappa shape index (κ1) is 26.1. The van der Waals surface area contributed by atoms with Gasteiger partial charge in [0.2, 0.25) is 0 Å². The van der Waals surface area contributed by atoms with Crippen LogP contribution in [0.2, 0.25) is 0 Å². The summed E-state index contributed by atoms with van der Waals surface area (Å²) in [6.07, 6.45) is 2.01. The Hall–Kier alpha value is -2.95. The number of carbonyl (C=O) groups excluding carboxylic acids is 2. The number of hydrogen-bond donors (Lipinski definition) is 0. The SMILES string of the molecule is C=CCOC(=O)N1CC(N2CCC([P+](c3ccccc3)(c3ccccc3)c3ccccc3)C2=O)C1.[Br-]. The second-order valence-corrected chi connectivity index (χ2v) is 12.6. The number of benzene rings is 3. The van der Waals surface area contributed by atoms with Gasteiger partial charge in [0, 0.05) is 26.1 Å². The number of ether oxygens (including phenoxy) is 1. The average molecular weight is 565 g/mol. The van der Waals surface area contributed by atoms with Crippen LogP contribution < -0.4 is 32.9 Å². The quantitative estimate of drug-likeness (QED) is 0.312. The third-order valence-electron chi connectivity index (χ3n) is 7.06. The lowest BCUT2D eigenvalue weighted by molar-refractivity contribution is -0.132. The zero-order valence-electron chi connectivity index (χ0n) is 20.1. The Balaban J connectivity index is 0.00000304. The zero-order valence-corrected chi connectivity index (χ0v) is 22.6. The second-order valence-electron chi connectivity index (χ2n) is 8.99. The maximum absolute atomic E-state index is 14.2. The topological polar surface area (TPSA) is 49.9 Å². The van der Waals surface area contributed by atoms with Gasteiger partial charge in [0.25, 0.3) is 5.91 Å². The minimum absolute atomic E-state index is 0. The van der Waals surface area contributed by atoms with E-state index in [1.165, 1.54) is 15.9 Å². The summed E-state index contributed by atoms with van der Waals surface area (Å²) in [7, 11) is -2.28. The molecule has 2 amide bonds. The minimum Gasteiger partial charge on any atom is -1.00 e. The second kappa shape index (κ2) is 11.4. The van der Waals surface area contributed by atoms with Gasteiger partial charge in [0.05, 0.1) is 6.04 Å². The molecule has 7 heteroatoms. The largest absolute Gasteiger partial charge is 1.00 e. The van der Waals surface area contributed by atoms with Crippen LogP contribution in [-0.4, -0.2) is 59.7 Å². The Morgan fingerprint density at radius 1 is 0.889 bits per heavy atom. The molecule has 2 fully saturated rings. The summed E-state index contributed by atoms with van der Waals surface area (Å²) in [5.74, 6) is 0.194. The van der Waals surface area contributed by atoms with Gasteiger partial charge in [0.1, 0.15) is 29.8 Å². The average Bonchev–Trinajstić information content (AvgIpc) is 3.25. The summed E-state index contributed by atoms with van der Waals surface area (Å²) >= 11 is 0. The van der Waals surface area contributed by atoms with Gasteiger partial charge in [-0.15, -0.1) is 0 Å². The van der Waals surface area contributed by atoms with Crippen LogP contribution in [0.1, 0.15) is 6.42 Å². The van der Waals surface area contributed by atoms with Crippen LogP contribution in [0.4, 0.5) is 4.79 Å². The van der Waals surface area contributed by atoms with Crippen molar-refractivity contribution in [2.24, 2.45) is 0 Å². The molecule has 0 saturated carbocycles. The van der Waals surface area contributed by atoms with Crippen LogP contribution in [-0.2, 0) is 9.53 Å². The highest BCUT2D eigenvalue weighted by Crippen LogP contribution is 2.62. The lowest BCUT2D eigenvalue weighted by Gasteiger charge is -2.43. The predicted octanol–water partition coefficient (Wildman–Crippen LogP) is 0.592. The van der Waals surface area contributed by atoms with E-state index in [0.717, 1.165) is 6.42 Å². The molecule has 2 heterocycles. The summed E-state index contributed by atoms with van der Waals surface area (Å²) in [6, 6.07) is 31.7. The Bertz CT molecular complexity index is 1090. The van der Waals surface area contributed by atoms with Crippen molar-refractivity contribution < 1.29 is 31.3 Å². The van der Waals surface area contributed by atoms with E-state index in [9.17, 15) is 9.59 Å². The van der Waals surface area contributed by atoms with Crippen molar-refractivity contribution in [3.05, 3.63) is 104 Å². The molecule has 0 aromatic heterocycles. The van der Waals surface area contributed by atoms with Gasteiger partial charge in [-0.05, 0) is 36.4 Å². The van der Waals surface area contributed by atoms with Crippen LogP contribution in [0.5, 0.6) is 0 Å².